The van der Waals surface area contributed by atoms with Crippen molar-refractivity contribution in [3.63, 3.8) is 0 Å². The lowest BCUT2D eigenvalue weighted by Crippen LogP contribution is -2.48. The Labute approximate surface area is 118 Å². The van der Waals surface area contributed by atoms with Crippen LogP contribution in [0.25, 0.3) is 0 Å². The summed E-state index contributed by atoms with van der Waals surface area (Å²) in [5, 5.41) is 9.19. The van der Waals surface area contributed by atoms with E-state index in [-0.39, 0.29) is 5.91 Å². The third-order valence-electron chi connectivity index (χ3n) is 3.97. The van der Waals surface area contributed by atoms with Gasteiger partial charge in [0.1, 0.15) is 6.04 Å². The topological polar surface area (TPSA) is 83.6 Å². The molecular weight excluding hydrogens is 256 g/mol. The number of carboxylic acids is 1. The third kappa shape index (κ3) is 2.48. The molecule has 0 aliphatic carbocycles. The molecule has 1 heterocycles. The molecule has 0 unspecified atom stereocenters. The smallest absolute Gasteiger partial charge is 0.326 e. The number of rotatable bonds is 3. The van der Waals surface area contributed by atoms with Crippen LogP contribution in [0.2, 0.25) is 0 Å². The van der Waals surface area contributed by atoms with Gasteiger partial charge < -0.3 is 15.7 Å². The quantitative estimate of drug-likeness (QED) is 0.822. The molecule has 1 amide bonds. The van der Waals surface area contributed by atoms with Gasteiger partial charge in [0.25, 0.3) is 0 Å². The molecule has 1 aliphatic rings. The number of likely N-dealkylation sites (tertiary alicyclic amines) is 1. The van der Waals surface area contributed by atoms with Crippen LogP contribution in [0.15, 0.2) is 24.3 Å². The van der Waals surface area contributed by atoms with Crippen LogP contribution in [0.4, 0.5) is 5.69 Å². The standard InChI is InChI=1S/C15H20N2O3/c1-15(2,10-5-7-11(16)8-6-10)14(20)17-9-3-4-12(17)13(18)19/h5-8,12H,3-4,9,16H2,1-2H3,(H,18,19)/t12-/m1/s1. The number of aliphatic carboxylic acids is 1. The summed E-state index contributed by atoms with van der Waals surface area (Å²) in [6.45, 7) is 4.14. The molecule has 0 spiro atoms. The molecule has 5 heteroatoms. The molecule has 1 aliphatic heterocycles. The predicted octanol–water partition coefficient (Wildman–Crippen LogP) is 1.62. The molecule has 1 fully saturated rings. The second kappa shape index (κ2) is 5.15. The molecule has 1 saturated heterocycles. The summed E-state index contributed by atoms with van der Waals surface area (Å²) in [5.41, 5.74) is 6.38. The van der Waals surface area contributed by atoms with E-state index in [1.165, 1.54) is 4.90 Å². The van der Waals surface area contributed by atoms with E-state index in [9.17, 15) is 14.7 Å². The van der Waals surface area contributed by atoms with Crippen LogP contribution < -0.4 is 5.73 Å². The lowest BCUT2D eigenvalue weighted by molar-refractivity contribution is -0.150. The fourth-order valence-corrected chi connectivity index (χ4v) is 2.65. The van der Waals surface area contributed by atoms with Crippen molar-refractivity contribution >= 4 is 17.6 Å². The molecule has 5 nitrogen and oxygen atoms in total. The van der Waals surface area contributed by atoms with Gasteiger partial charge >= 0.3 is 5.97 Å². The van der Waals surface area contributed by atoms with Crippen molar-refractivity contribution in [3.8, 4) is 0 Å². The summed E-state index contributed by atoms with van der Waals surface area (Å²) in [6.07, 6.45) is 1.26. The number of anilines is 1. The van der Waals surface area contributed by atoms with Crippen LogP contribution in [-0.4, -0.2) is 34.5 Å². The number of carboxylic acid groups (broad SMARTS) is 1. The molecule has 0 saturated carbocycles. The van der Waals surface area contributed by atoms with Gasteiger partial charge in [-0.25, -0.2) is 4.79 Å². The summed E-state index contributed by atoms with van der Waals surface area (Å²) in [6, 6.07) is 6.44. The van der Waals surface area contributed by atoms with E-state index >= 15 is 0 Å². The maximum Gasteiger partial charge on any atom is 0.326 e. The maximum atomic E-state index is 12.7. The first kappa shape index (κ1) is 14.4. The zero-order valence-electron chi connectivity index (χ0n) is 11.8. The number of carbonyl (C=O) groups excluding carboxylic acids is 1. The number of hydrogen-bond acceptors (Lipinski definition) is 3. The van der Waals surface area contributed by atoms with Crippen molar-refractivity contribution in [3.05, 3.63) is 29.8 Å². The summed E-state index contributed by atoms with van der Waals surface area (Å²) < 4.78 is 0. The van der Waals surface area contributed by atoms with Gasteiger partial charge in [-0.2, -0.15) is 0 Å². The summed E-state index contributed by atoms with van der Waals surface area (Å²) in [5.74, 6) is -1.07. The van der Waals surface area contributed by atoms with Gasteiger partial charge in [0, 0.05) is 12.2 Å². The number of nitrogens with zero attached hydrogens (tertiary/aromatic N) is 1. The molecule has 0 aromatic heterocycles. The number of nitrogen functional groups attached to an aromatic ring is 1. The Kier molecular flexibility index (Phi) is 3.70. The van der Waals surface area contributed by atoms with E-state index in [1.807, 2.05) is 26.0 Å². The SMILES string of the molecule is CC(C)(C(=O)N1CCC[C@@H]1C(=O)O)c1ccc(N)cc1. The largest absolute Gasteiger partial charge is 0.480 e. The van der Waals surface area contributed by atoms with Crippen LogP contribution in [0.5, 0.6) is 0 Å². The minimum atomic E-state index is -0.927. The number of amides is 1. The Balaban J connectivity index is 2.26. The highest BCUT2D eigenvalue weighted by Gasteiger charge is 2.41. The first-order valence-electron chi connectivity index (χ1n) is 6.74. The van der Waals surface area contributed by atoms with E-state index in [1.54, 1.807) is 12.1 Å². The van der Waals surface area contributed by atoms with Crippen molar-refractivity contribution in [1.82, 2.24) is 4.90 Å². The van der Waals surface area contributed by atoms with Crippen molar-refractivity contribution in [2.45, 2.75) is 38.1 Å². The van der Waals surface area contributed by atoms with Crippen LogP contribution >= 0.6 is 0 Å². The van der Waals surface area contributed by atoms with Crippen LogP contribution in [-0.2, 0) is 15.0 Å². The third-order valence-corrected chi connectivity index (χ3v) is 3.97. The molecule has 1 aromatic rings. The molecule has 3 N–H and O–H groups in total. The van der Waals surface area contributed by atoms with Crippen molar-refractivity contribution < 1.29 is 14.7 Å². The average Bonchev–Trinajstić information content (AvgIpc) is 2.87. The lowest BCUT2D eigenvalue weighted by Gasteiger charge is -2.32. The molecule has 20 heavy (non-hydrogen) atoms. The highest BCUT2D eigenvalue weighted by Crippen LogP contribution is 2.30. The molecular formula is C15H20N2O3. The molecule has 1 atom stereocenters. The lowest BCUT2D eigenvalue weighted by atomic mass is 9.83. The van der Waals surface area contributed by atoms with E-state index in [0.29, 0.717) is 18.7 Å². The van der Waals surface area contributed by atoms with Gasteiger partial charge in [0.2, 0.25) is 5.91 Å². The monoisotopic (exact) mass is 276 g/mol. The van der Waals surface area contributed by atoms with Crippen molar-refractivity contribution in [2.24, 2.45) is 0 Å². The van der Waals surface area contributed by atoms with Gasteiger partial charge in [-0.1, -0.05) is 12.1 Å². The predicted molar refractivity (Wildman–Crippen MR) is 76.3 cm³/mol. The van der Waals surface area contributed by atoms with Gasteiger partial charge in [0.15, 0.2) is 0 Å². The van der Waals surface area contributed by atoms with Crippen LogP contribution in [0.1, 0.15) is 32.3 Å². The fourth-order valence-electron chi connectivity index (χ4n) is 2.65. The molecule has 108 valence electrons. The molecule has 0 radical (unpaired) electrons. The highest BCUT2D eigenvalue weighted by molar-refractivity contribution is 5.91. The number of hydrogen-bond donors (Lipinski definition) is 2. The van der Waals surface area contributed by atoms with E-state index in [2.05, 4.69) is 0 Å². The van der Waals surface area contributed by atoms with E-state index < -0.39 is 17.4 Å². The second-order valence-electron chi connectivity index (χ2n) is 5.74. The Morgan fingerprint density at radius 3 is 2.45 bits per heavy atom. The first-order chi connectivity index (χ1) is 9.34. The highest BCUT2D eigenvalue weighted by atomic mass is 16.4. The minimum Gasteiger partial charge on any atom is -0.480 e. The second-order valence-corrected chi connectivity index (χ2v) is 5.74. The van der Waals surface area contributed by atoms with Crippen molar-refractivity contribution in [1.29, 1.82) is 0 Å². The van der Waals surface area contributed by atoms with Gasteiger partial charge in [-0.3, -0.25) is 4.79 Å². The zero-order chi connectivity index (χ0) is 14.9. The number of nitrogens with two attached hydrogens (primary N) is 1. The Bertz CT molecular complexity index is 522. The van der Waals surface area contributed by atoms with Crippen molar-refractivity contribution in [2.75, 3.05) is 12.3 Å². The van der Waals surface area contributed by atoms with E-state index in [4.69, 9.17) is 5.73 Å². The zero-order valence-corrected chi connectivity index (χ0v) is 11.8. The molecule has 0 bridgehead atoms. The maximum absolute atomic E-state index is 12.7. The van der Waals surface area contributed by atoms with Crippen LogP contribution in [0, 0.1) is 0 Å². The number of benzene rings is 1. The van der Waals surface area contributed by atoms with Gasteiger partial charge in [-0.15, -0.1) is 0 Å². The minimum absolute atomic E-state index is 0.146. The first-order valence-corrected chi connectivity index (χ1v) is 6.74. The summed E-state index contributed by atoms with van der Waals surface area (Å²) in [7, 11) is 0. The van der Waals surface area contributed by atoms with Crippen LogP contribution in [0.3, 0.4) is 0 Å². The average molecular weight is 276 g/mol. The Hall–Kier alpha value is -2.04. The molecule has 1 aromatic carbocycles. The normalized spacial score (nSPS) is 19.1. The van der Waals surface area contributed by atoms with E-state index in [0.717, 1.165) is 12.0 Å². The summed E-state index contributed by atoms with van der Waals surface area (Å²) in [4.78, 5) is 25.4. The summed E-state index contributed by atoms with van der Waals surface area (Å²) >= 11 is 0. The Morgan fingerprint density at radius 2 is 1.90 bits per heavy atom. The fraction of sp³-hybridized carbons (Fsp3) is 0.467. The van der Waals surface area contributed by atoms with Gasteiger partial charge in [-0.05, 0) is 44.4 Å². The Morgan fingerprint density at radius 1 is 1.30 bits per heavy atom. The van der Waals surface area contributed by atoms with Gasteiger partial charge in [0.05, 0.1) is 5.41 Å². The number of carbonyl (C=O) groups is 2. The molecule has 2 rings (SSSR count).